The molecule has 22 heavy (non-hydrogen) atoms. The summed E-state index contributed by atoms with van der Waals surface area (Å²) >= 11 is 4.38. The summed E-state index contributed by atoms with van der Waals surface area (Å²) in [5, 5.41) is 0.804. The Labute approximate surface area is 142 Å². The van der Waals surface area contributed by atoms with Crippen LogP contribution in [0.1, 0.15) is 30.9 Å². The lowest BCUT2D eigenvalue weighted by Gasteiger charge is -2.28. The first-order valence-electron chi connectivity index (χ1n) is 8.02. The van der Waals surface area contributed by atoms with Gasteiger partial charge >= 0.3 is 0 Å². The molecule has 1 aromatic heterocycles. The van der Waals surface area contributed by atoms with Crippen molar-refractivity contribution >= 4 is 23.5 Å². The lowest BCUT2D eigenvalue weighted by Crippen LogP contribution is -2.23. The maximum absolute atomic E-state index is 4.16. The molecule has 1 aromatic carbocycles. The van der Waals surface area contributed by atoms with Crippen molar-refractivity contribution in [2.45, 2.75) is 49.0 Å². The second kappa shape index (κ2) is 7.14. The van der Waals surface area contributed by atoms with Crippen molar-refractivity contribution in [3.8, 4) is 0 Å². The van der Waals surface area contributed by atoms with Gasteiger partial charge in [-0.05, 0) is 31.7 Å². The number of benzene rings is 1. The third-order valence-electron chi connectivity index (χ3n) is 4.27. The van der Waals surface area contributed by atoms with E-state index in [2.05, 4.69) is 77.4 Å². The Bertz CT molecular complexity index is 580. The molecule has 1 aliphatic heterocycles. The van der Waals surface area contributed by atoms with Crippen LogP contribution >= 0.6 is 23.5 Å². The number of nitrogens with zero attached hydrogens (tertiary/aromatic N) is 2. The van der Waals surface area contributed by atoms with E-state index in [1.165, 1.54) is 29.7 Å². The third-order valence-corrected chi connectivity index (χ3v) is 8.18. The fraction of sp³-hybridized carbons (Fsp3) is 0.500. The van der Waals surface area contributed by atoms with Gasteiger partial charge < -0.3 is 4.57 Å². The number of thioether (sulfide) groups is 2. The number of aromatic nitrogens is 2. The van der Waals surface area contributed by atoms with Crippen LogP contribution in [0.25, 0.3) is 0 Å². The summed E-state index contributed by atoms with van der Waals surface area (Å²) in [6, 6.07) is 9.07. The maximum atomic E-state index is 4.16. The molecule has 0 bridgehead atoms. The fourth-order valence-corrected chi connectivity index (χ4v) is 6.69. The van der Waals surface area contributed by atoms with Crippen LogP contribution in [0, 0.1) is 6.92 Å². The second-order valence-electron chi connectivity index (χ2n) is 6.08. The van der Waals surface area contributed by atoms with Gasteiger partial charge in [0.05, 0.1) is 10.4 Å². The highest BCUT2D eigenvalue weighted by molar-refractivity contribution is 8.21. The Morgan fingerprint density at radius 3 is 2.77 bits per heavy atom. The molecule has 2 unspecified atom stereocenters. The molecule has 0 spiro atoms. The highest BCUT2D eigenvalue weighted by atomic mass is 32.2. The van der Waals surface area contributed by atoms with Crippen LogP contribution in [-0.2, 0) is 13.0 Å². The molecule has 4 heteroatoms. The molecule has 2 heterocycles. The van der Waals surface area contributed by atoms with E-state index in [0.29, 0.717) is 4.08 Å². The van der Waals surface area contributed by atoms with Crippen LogP contribution in [0.4, 0.5) is 0 Å². The van der Waals surface area contributed by atoms with Crippen LogP contribution in [-0.4, -0.2) is 24.6 Å². The van der Waals surface area contributed by atoms with Gasteiger partial charge in [0, 0.05) is 29.9 Å². The molecule has 118 valence electrons. The molecule has 0 radical (unpaired) electrons. The first-order chi connectivity index (χ1) is 10.7. The number of hydrogen-bond donors (Lipinski definition) is 0. The van der Waals surface area contributed by atoms with E-state index in [4.69, 9.17) is 0 Å². The fourth-order valence-electron chi connectivity index (χ4n) is 2.87. The summed E-state index contributed by atoms with van der Waals surface area (Å²) in [7, 11) is 0. The van der Waals surface area contributed by atoms with E-state index >= 15 is 0 Å². The summed E-state index contributed by atoms with van der Waals surface area (Å²) < 4.78 is 2.53. The predicted octanol–water partition coefficient (Wildman–Crippen LogP) is 4.78. The molecule has 1 fully saturated rings. The number of hydrogen-bond acceptors (Lipinski definition) is 3. The topological polar surface area (TPSA) is 17.8 Å². The van der Waals surface area contributed by atoms with Crippen molar-refractivity contribution in [2.75, 3.05) is 5.75 Å². The average molecular weight is 333 g/mol. The van der Waals surface area contributed by atoms with Gasteiger partial charge in [-0.1, -0.05) is 36.8 Å². The van der Waals surface area contributed by atoms with E-state index in [0.717, 1.165) is 18.2 Å². The minimum atomic E-state index is 0.320. The Morgan fingerprint density at radius 2 is 2.14 bits per heavy atom. The minimum Gasteiger partial charge on any atom is -0.337 e. The number of aryl methyl sites for hydroxylation is 2. The van der Waals surface area contributed by atoms with E-state index in [9.17, 15) is 0 Å². The Kier molecular flexibility index (Phi) is 5.19. The lowest BCUT2D eigenvalue weighted by atomic mass is 10.1. The minimum absolute atomic E-state index is 0.320. The molecule has 0 amide bonds. The van der Waals surface area contributed by atoms with Crippen molar-refractivity contribution in [1.82, 2.24) is 9.55 Å². The lowest BCUT2D eigenvalue weighted by molar-refractivity contribution is 0.597. The largest absolute Gasteiger partial charge is 0.337 e. The summed E-state index contributed by atoms with van der Waals surface area (Å²) in [5.41, 5.74) is 2.81. The molecular weight excluding hydrogens is 308 g/mol. The standard InChI is InChI=1S/C18H24N2S2/c1-3-17-13-21-18(22-17,8-10-20-11-9-19-14-20)12-16-6-4-15(2)5-7-16/h4-7,9,11,14,17H,3,8,10,12-13H2,1-2H3. The number of imidazole rings is 1. The molecule has 1 saturated heterocycles. The van der Waals surface area contributed by atoms with E-state index in [1.54, 1.807) is 0 Å². The second-order valence-corrected chi connectivity index (χ2v) is 9.43. The zero-order chi connectivity index (χ0) is 15.4. The molecule has 2 nitrogen and oxygen atoms in total. The van der Waals surface area contributed by atoms with Gasteiger partial charge in [0.1, 0.15) is 0 Å². The van der Waals surface area contributed by atoms with Crippen LogP contribution in [0.3, 0.4) is 0 Å². The van der Waals surface area contributed by atoms with Crippen molar-refractivity contribution < 1.29 is 0 Å². The van der Waals surface area contributed by atoms with E-state index < -0.39 is 0 Å². The Hall–Kier alpha value is -0.870. The molecule has 0 aliphatic carbocycles. The summed E-state index contributed by atoms with van der Waals surface area (Å²) in [6.07, 6.45) is 9.51. The molecule has 0 saturated carbocycles. The summed E-state index contributed by atoms with van der Waals surface area (Å²) in [6.45, 7) is 5.53. The van der Waals surface area contributed by atoms with Crippen LogP contribution in [0.2, 0.25) is 0 Å². The van der Waals surface area contributed by atoms with Crippen molar-refractivity contribution in [2.24, 2.45) is 0 Å². The SMILES string of the molecule is CCC1CSC(CCn2ccnc2)(Cc2ccc(C)cc2)S1. The summed E-state index contributed by atoms with van der Waals surface area (Å²) in [5.74, 6) is 1.29. The molecule has 1 aliphatic rings. The third kappa shape index (κ3) is 3.90. The van der Waals surface area contributed by atoms with Gasteiger partial charge in [0.2, 0.25) is 0 Å². The van der Waals surface area contributed by atoms with Crippen LogP contribution in [0.5, 0.6) is 0 Å². The maximum Gasteiger partial charge on any atom is 0.0945 e. The van der Waals surface area contributed by atoms with Gasteiger partial charge in [-0.15, -0.1) is 23.5 Å². The first-order valence-corrected chi connectivity index (χ1v) is 9.89. The smallest absolute Gasteiger partial charge is 0.0945 e. The van der Waals surface area contributed by atoms with Gasteiger partial charge in [0.15, 0.2) is 0 Å². The van der Waals surface area contributed by atoms with Crippen LogP contribution < -0.4 is 0 Å². The first kappa shape index (κ1) is 16.0. The Balaban J connectivity index is 1.72. The highest BCUT2D eigenvalue weighted by Gasteiger charge is 2.39. The van der Waals surface area contributed by atoms with Crippen LogP contribution in [0.15, 0.2) is 43.0 Å². The van der Waals surface area contributed by atoms with Crippen molar-refractivity contribution in [3.05, 3.63) is 54.1 Å². The van der Waals surface area contributed by atoms with E-state index in [-0.39, 0.29) is 0 Å². The quantitative estimate of drug-likeness (QED) is 0.758. The molecular formula is C18H24N2S2. The zero-order valence-electron chi connectivity index (χ0n) is 13.4. The summed E-state index contributed by atoms with van der Waals surface area (Å²) in [4.78, 5) is 4.16. The van der Waals surface area contributed by atoms with Gasteiger partial charge in [0.25, 0.3) is 0 Å². The molecule has 2 aromatic rings. The molecule has 2 atom stereocenters. The number of rotatable bonds is 6. The predicted molar refractivity (Wildman–Crippen MR) is 98.6 cm³/mol. The normalized spacial score (nSPS) is 24.7. The van der Waals surface area contributed by atoms with Gasteiger partial charge in [-0.25, -0.2) is 4.98 Å². The van der Waals surface area contributed by atoms with Gasteiger partial charge in [-0.3, -0.25) is 0 Å². The average Bonchev–Trinajstić information content (AvgIpc) is 3.18. The van der Waals surface area contributed by atoms with Crippen molar-refractivity contribution in [1.29, 1.82) is 0 Å². The monoisotopic (exact) mass is 332 g/mol. The van der Waals surface area contributed by atoms with Crippen molar-refractivity contribution in [3.63, 3.8) is 0 Å². The van der Waals surface area contributed by atoms with Gasteiger partial charge in [-0.2, -0.15) is 0 Å². The highest BCUT2D eigenvalue weighted by Crippen LogP contribution is 2.53. The zero-order valence-corrected chi connectivity index (χ0v) is 15.0. The van der Waals surface area contributed by atoms with E-state index in [1.807, 2.05) is 12.5 Å². The molecule has 3 rings (SSSR count). The Morgan fingerprint density at radius 1 is 1.32 bits per heavy atom. The molecule has 0 N–H and O–H groups in total.